The van der Waals surface area contributed by atoms with Gasteiger partial charge >= 0.3 is 0 Å². The van der Waals surface area contributed by atoms with Crippen LogP contribution in [-0.2, 0) is 9.47 Å². The molecule has 2 fully saturated rings. The molecule has 2 saturated heterocycles. The summed E-state index contributed by atoms with van der Waals surface area (Å²) in [7, 11) is 0. The minimum absolute atomic E-state index is 0.356. The molecule has 0 saturated carbocycles. The molecule has 170 valence electrons. The van der Waals surface area contributed by atoms with Gasteiger partial charge in [-0.2, -0.15) is 0 Å². The molecule has 3 N–H and O–H groups in total. The van der Waals surface area contributed by atoms with E-state index in [-0.39, 0.29) is 0 Å². The maximum atomic E-state index is 10.7. The van der Waals surface area contributed by atoms with Crippen molar-refractivity contribution in [2.45, 2.75) is 25.5 Å². The number of morpholine rings is 1. The summed E-state index contributed by atoms with van der Waals surface area (Å²) in [5.74, 6) is 1.26. The largest absolute Gasteiger partial charge is 0.386 e. The number of benzene rings is 1. The molecule has 2 aliphatic rings. The van der Waals surface area contributed by atoms with E-state index >= 15 is 0 Å². The van der Waals surface area contributed by atoms with Crippen molar-refractivity contribution in [3.63, 3.8) is 0 Å². The van der Waals surface area contributed by atoms with Crippen molar-refractivity contribution in [1.82, 2.24) is 15.5 Å². The second kappa shape index (κ2) is 11.2. The topological polar surface area (TPSA) is 78.4 Å². The molecule has 2 aliphatic heterocycles. The Balaban J connectivity index is 1.38. The summed E-state index contributed by atoms with van der Waals surface area (Å²) in [5.41, 5.74) is 0. The van der Waals surface area contributed by atoms with Crippen LogP contribution in [0, 0.1) is 5.92 Å². The highest BCUT2D eigenvalue weighted by molar-refractivity contribution is 7.19. The lowest BCUT2D eigenvalue weighted by atomic mass is 9.97. The van der Waals surface area contributed by atoms with E-state index in [0.717, 1.165) is 63.3 Å². The molecule has 3 atom stereocenters. The fourth-order valence-corrected chi connectivity index (χ4v) is 5.37. The summed E-state index contributed by atoms with van der Waals surface area (Å²) in [4.78, 5) is 8.36. The van der Waals surface area contributed by atoms with E-state index in [1.807, 2.05) is 12.1 Å². The standard InChI is InChI=1S/C23H34N4O3S/c1-2-24-23(26-15-20(28)22-13-17-5-3-4-6-21(17)31-22)25-14-19(18-7-10-30-16-18)27-8-11-29-12-9-27/h3-6,13,18-20,28H,2,7-12,14-16H2,1H3,(H2,24,25,26). The molecule has 0 radical (unpaired) electrons. The molecular weight excluding hydrogens is 412 g/mol. The van der Waals surface area contributed by atoms with Crippen LogP contribution in [0.4, 0.5) is 0 Å². The first-order chi connectivity index (χ1) is 15.2. The lowest BCUT2D eigenvalue weighted by molar-refractivity contribution is 0.00368. The van der Waals surface area contributed by atoms with Gasteiger partial charge in [0.25, 0.3) is 0 Å². The summed E-state index contributed by atoms with van der Waals surface area (Å²) < 4.78 is 12.4. The molecule has 8 heteroatoms. The van der Waals surface area contributed by atoms with E-state index in [4.69, 9.17) is 14.5 Å². The summed E-state index contributed by atoms with van der Waals surface area (Å²) >= 11 is 1.64. The number of aliphatic hydroxyl groups is 1. The Labute approximate surface area is 188 Å². The van der Waals surface area contributed by atoms with Gasteiger partial charge in [-0.25, -0.2) is 0 Å². The zero-order valence-electron chi connectivity index (χ0n) is 18.3. The highest BCUT2D eigenvalue weighted by Crippen LogP contribution is 2.29. The van der Waals surface area contributed by atoms with Gasteiger partial charge in [-0.1, -0.05) is 18.2 Å². The van der Waals surface area contributed by atoms with Gasteiger partial charge < -0.3 is 25.2 Å². The van der Waals surface area contributed by atoms with Gasteiger partial charge in [0.2, 0.25) is 0 Å². The van der Waals surface area contributed by atoms with Crippen molar-refractivity contribution in [1.29, 1.82) is 0 Å². The van der Waals surface area contributed by atoms with Crippen molar-refractivity contribution in [2.24, 2.45) is 10.9 Å². The van der Waals surface area contributed by atoms with Gasteiger partial charge in [-0.05, 0) is 30.9 Å². The van der Waals surface area contributed by atoms with Crippen molar-refractivity contribution < 1.29 is 14.6 Å². The van der Waals surface area contributed by atoms with Gasteiger partial charge in [0.1, 0.15) is 6.10 Å². The van der Waals surface area contributed by atoms with E-state index in [2.05, 4.69) is 40.7 Å². The zero-order valence-corrected chi connectivity index (χ0v) is 19.1. The molecule has 0 aliphatic carbocycles. The van der Waals surface area contributed by atoms with Crippen molar-refractivity contribution in [3.8, 4) is 0 Å². The van der Waals surface area contributed by atoms with Crippen LogP contribution < -0.4 is 10.6 Å². The van der Waals surface area contributed by atoms with Gasteiger partial charge in [0.15, 0.2) is 5.96 Å². The number of hydrogen-bond acceptors (Lipinski definition) is 6. The molecule has 1 aromatic carbocycles. The monoisotopic (exact) mass is 446 g/mol. The van der Waals surface area contributed by atoms with Crippen LogP contribution in [0.15, 0.2) is 35.3 Å². The molecule has 0 spiro atoms. The Hall–Kier alpha value is -1.71. The highest BCUT2D eigenvalue weighted by atomic mass is 32.1. The van der Waals surface area contributed by atoms with E-state index < -0.39 is 6.10 Å². The van der Waals surface area contributed by atoms with Gasteiger partial charge in [0.05, 0.1) is 26.4 Å². The molecule has 3 heterocycles. The number of thiophene rings is 1. The average Bonchev–Trinajstić information content (AvgIpc) is 3.48. The van der Waals surface area contributed by atoms with E-state index in [9.17, 15) is 5.11 Å². The molecule has 3 unspecified atom stereocenters. The molecule has 31 heavy (non-hydrogen) atoms. The molecule has 4 rings (SSSR count). The summed E-state index contributed by atoms with van der Waals surface area (Å²) in [6.45, 7) is 9.10. The number of nitrogens with zero attached hydrogens (tertiary/aromatic N) is 2. The lowest BCUT2D eigenvalue weighted by Gasteiger charge is -2.36. The maximum Gasteiger partial charge on any atom is 0.191 e. The molecule has 0 amide bonds. The summed E-state index contributed by atoms with van der Waals surface area (Å²) in [5, 5.41) is 18.5. The summed E-state index contributed by atoms with van der Waals surface area (Å²) in [6, 6.07) is 10.7. The number of fused-ring (bicyclic) bond motifs is 1. The van der Waals surface area contributed by atoms with Crippen LogP contribution in [0.2, 0.25) is 0 Å². The van der Waals surface area contributed by atoms with Crippen LogP contribution in [0.1, 0.15) is 24.3 Å². The quantitative estimate of drug-likeness (QED) is 0.426. The highest BCUT2D eigenvalue weighted by Gasteiger charge is 2.31. The number of nitrogens with one attached hydrogen (secondary N) is 2. The van der Waals surface area contributed by atoms with Gasteiger partial charge in [-0.3, -0.25) is 9.89 Å². The molecular formula is C23H34N4O3S. The van der Waals surface area contributed by atoms with Crippen molar-refractivity contribution in [3.05, 3.63) is 35.2 Å². The Morgan fingerprint density at radius 2 is 2.06 bits per heavy atom. The van der Waals surface area contributed by atoms with E-state index in [1.165, 1.54) is 10.1 Å². The van der Waals surface area contributed by atoms with Crippen LogP contribution in [0.5, 0.6) is 0 Å². The Bertz CT molecular complexity index is 813. The van der Waals surface area contributed by atoms with E-state index in [1.54, 1.807) is 11.3 Å². The third-order valence-electron chi connectivity index (χ3n) is 6.04. The number of guanidine groups is 1. The minimum atomic E-state index is -0.570. The molecule has 7 nitrogen and oxygen atoms in total. The number of aliphatic imine (C=N–C) groups is 1. The first-order valence-corrected chi connectivity index (χ1v) is 12.1. The Morgan fingerprint density at radius 1 is 1.23 bits per heavy atom. The summed E-state index contributed by atoms with van der Waals surface area (Å²) in [6.07, 6.45) is 0.520. The van der Waals surface area contributed by atoms with Gasteiger partial charge in [0, 0.05) is 54.3 Å². The number of rotatable bonds is 8. The fourth-order valence-electron chi connectivity index (χ4n) is 4.32. The molecule has 2 aromatic rings. The minimum Gasteiger partial charge on any atom is -0.386 e. The first-order valence-electron chi connectivity index (χ1n) is 11.3. The Morgan fingerprint density at radius 3 is 2.81 bits per heavy atom. The van der Waals surface area contributed by atoms with Crippen molar-refractivity contribution >= 4 is 27.4 Å². The maximum absolute atomic E-state index is 10.7. The SMILES string of the molecule is CCNC(=NCC(C1CCOC1)N1CCOCC1)NCC(O)c1cc2ccccc2s1. The second-order valence-electron chi connectivity index (χ2n) is 8.14. The third-order valence-corrected chi connectivity index (χ3v) is 7.26. The number of ether oxygens (including phenoxy) is 2. The van der Waals surface area contributed by atoms with Crippen LogP contribution in [0.3, 0.4) is 0 Å². The average molecular weight is 447 g/mol. The first kappa shape index (κ1) is 22.5. The smallest absolute Gasteiger partial charge is 0.191 e. The predicted molar refractivity (Wildman–Crippen MR) is 126 cm³/mol. The number of hydrogen-bond donors (Lipinski definition) is 3. The number of aliphatic hydroxyl groups excluding tert-OH is 1. The van der Waals surface area contributed by atoms with Gasteiger partial charge in [-0.15, -0.1) is 11.3 Å². The lowest BCUT2D eigenvalue weighted by Crippen LogP contribution is -2.49. The fraction of sp³-hybridized carbons (Fsp3) is 0.609. The second-order valence-corrected chi connectivity index (χ2v) is 9.26. The van der Waals surface area contributed by atoms with E-state index in [0.29, 0.717) is 25.0 Å². The van der Waals surface area contributed by atoms with Crippen LogP contribution >= 0.6 is 11.3 Å². The molecule has 0 bridgehead atoms. The molecule has 1 aromatic heterocycles. The normalized spacial score (nSPS) is 22.5. The zero-order chi connectivity index (χ0) is 21.5. The predicted octanol–water partition coefficient (Wildman–Crippen LogP) is 2.23. The Kier molecular flexibility index (Phi) is 8.15. The van der Waals surface area contributed by atoms with Crippen LogP contribution in [-0.4, -0.2) is 81.2 Å². The third kappa shape index (κ3) is 5.96. The van der Waals surface area contributed by atoms with Crippen LogP contribution in [0.25, 0.3) is 10.1 Å². The van der Waals surface area contributed by atoms with Crippen molar-refractivity contribution in [2.75, 3.05) is 59.2 Å².